The SMILES string of the molecule is COc1ccc(CC(=O)N2CCC3(CCN(C(=O)c4ccccc4-n4cccc4)CC3)C2)c(OC)c1OC. The zero-order chi connectivity index (χ0) is 26.7. The van der Waals surface area contributed by atoms with E-state index in [0.29, 0.717) is 35.9 Å². The lowest BCUT2D eigenvalue weighted by Gasteiger charge is -2.39. The predicted octanol–water partition coefficient (Wildman–Crippen LogP) is 4.20. The van der Waals surface area contributed by atoms with Crippen LogP contribution in [0.1, 0.15) is 35.2 Å². The molecule has 200 valence electrons. The summed E-state index contributed by atoms with van der Waals surface area (Å²) in [5, 5.41) is 0. The Kier molecular flexibility index (Phi) is 7.31. The number of rotatable bonds is 7. The number of nitrogens with zero attached hydrogens (tertiary/aromatic N) is 3. The number of benzene rings is 2. The van der Waals surface area contributed by atoms with E-state index in [9.17, 15) is 9.59 Å². The molecule has 0 bridgehead atoms. The third-order valence-corrected chi connectivity index (χ3v) is 8.05. The van der Waals surface area contributed by atoms with Crippen molar-refractivity contribution in [1.29, 1.82) is 0 Å². The summed E-state index contributed by atoms with van der Waals surface area (Å²) in [4.78, 5) is 30.7. The molecule has 8 nitrogen and oxygen atoms in total. The summed E-state index contributed by atoms with van der Waals surface area (Å²) in [5.74, 6) is 1.73. The lowest BCUT2D eigenvalue weighted by atomic mass is 9.77. The van der Waals surface area contributed by atoms with Gasteiger partial charge in [0.1, 0.15) is 0 Å². The number of likely N-dealkylation sites (tertiary alicyclic amines) is 2. The van der Waals surface area contributed by atoms with Gasteiger partial charge < -0.3 is 28.6 Å². The summed E-state index contributed by atoms with van der Waals surface area (Å²) < 4.78 is 18.4. The van der Waals surface area contributed by atoms with E-state index in [-0.39, 0.29) is 23.7 Å². The molecule has 0 aliphatic carbocycles. The molecule has 1 spiro atoms. The standard InChI is InChI=1S/C30H35N3O5/c1-36-25-11-10-22(27(37-2)28(25)38-3)20-26(34)33-19-14-30(21-33)12-17-32(18-13-30)29(35)23-8-4-5-9-24(23)31-15-6-7-16-31/h4-11,15-16H,12-14,17-21H2,1-3H3. The number of para-hydroxylation sites is 1. The molecular formula is C30H35N3O5. The summed E-state index contributed by atoms with van der Waals surface area (Å²) in [5.41, 5.74) is 2.45. The van der Waals surface area contributed by atoms with Gasteiger partial charge in [-0.1, -0.05) is 18.2 Å². The maximum absolute atomic E-state index is 13.5. The molecule has 0 unspecified atom stereocenters. The van der Waals surface area contributed by atoms with E-state index < -0.39 is 0 Å². The van der Waals surface area contributed by atoms with Crippen LogP contribution in [0.2, 0.25) is 0 Å². The number of methoxy groups -OCH3 is 3. The summed E-state index contributed by atoms with van der Waals surface area (Å²) in [6.07, 6.45) is 6.91. The van der Waals surface area contributed by atoms with Gasteiger partial charge in [0.2, 0.25) is 11.7 Å². The average Bonchev–Trinajstić information content (AvgIpc) is 3.64. The molecular weight excluding hydrogens is 482 g/mol. The Morgan fingerprint density at radius 1 is 0.789 bits per heavy atom. The Balaban J connectivity index is 1.22. The fraction of sp³-hybridized carbons (Fsp3) is 0.400. The Bertz CT molecular complexity index is 1300. The first-order valence-corrected chi connectivity index (χ1v) is 13.1. The summed E-state index contributed by atoms with van der Waals surface area (Å²) in [6, 6.07) is 15.3. The monoisotopic (exact) mass is 517 g/mol. The van der Waals surface area contributed by atoms with Gasteiger partial charge in [-0.05, 0) is 55.0 Å². The zero-order valence-electron chi connectivity index (χ0n) is 22.3. The minimum Gasteiger partial charge on any atom is -0.493 e. The number of piperidine rings is 1. The number of hydrogen-bond donors (Lipinski definition) is 0. The minimum atomic E-state index is 0.0636. The average molecular weight is 518 g/mol. The summed E-state index contributed by atoms with van der Waals surface area (Å²) >= 11 is 0. The molecule has 2 aromatic carbocycles. The van der Waals surface area contributed by atoms with Gasteiger partial charge in [0, 0.05) is 44.1 Å². The Morgan fingerprint density at radius 3 is 2.11 bits per heavy atom. The van der Waals surface area contributed by atoms with Crippen LogP contribution in [-0.4, -0.2) is 73.7 Å². The van der Waals surface area contributed by atoms with E-state index in [1.807, 2.05) is 69.2 Å². The van der Waals surface area contributed by atoms with E-state index >= 15 is 0 Å². The second kappa shape index (κ2) is 10.8. The van der Waals surface area contributed by atoms with Crippen LogP contribution in [0, 0.1) is 5.41 Å². The third-order valence-electron chi connectivity index (χ3n) is 8.05. The van der Waals surface area contributed by atoms with Crippen LogP contribution in [0.5, 0.6) is 17.2 Å². The first-order valence-electron chi connectivity index (χ1n) is 13.1. The molecule has 2 aliphatic rings. The molecule has 0 atom stereocenters. The maximum Gasteiger partial charge on any atom is 0.255 e. The van der Waals surface area contributed by atoms with Gasteiger partial charge in [-0.15, -0.1) is 0 Å². The molecule has 2 fully saturated rings. The van der Waals surface area contributed by atoms with Crippen LogP contribution in [0.25, 0.3) is 5.69 Å². The third kappa shape index (κ3) is 4.83. The highest BCUT2D eigenvalue weighted by Gasteiger charge is 2.43. The topological polar surface area (TPSA) is 73.2 Å². The van der Waals surface area contributed by atoms with Crippen LogP contribution in [-0.2, 0) is 11.2 Å². The van der Waals surface area contributed by atoms with E-state index in [1.54, 1.807) is 27.4 Å². The number of aromatic nitrogens is 1. The molecule has 3 aromatic rings. The fourth-order valence-corrected chi connectivity index (χ4v) is 5.86. The van der Waals surface area contributed by atoms with Crippen molar-refractivity contribution in [2.24, 2.45) is 5.41 Å². The van der Waals surface area contributed by atoms with Gasteiger partial charge in [-0.3, -0.25) is 9.59 Å². The lowest BCUT2D eigenvalue weighted by molar-refractivity contribution is -0.130. The largest absolute Gasteiger partial charge is 0.493 e. The quantitative estimate of drug-likeness (QED) is 0.470. The Hall–Kier alpha value is -3.94. The summed E-state index contributed by atoms with van der Waals surface area (Å²) in [6.45, 7) is 2.86. The van der Waals surface area contributed by atoms with Crippen LogP contribution in [0.4, 0.5) is 0 Å². The second-order valence-electron chi connectivity index (χ2n) is 10.1. The van der Waals surface area contributed by atoms with Crippen molar-refractivity contribution in [3.05, 3.63) is 72.1 Å². The molecule has 5 rings (SSSR count). The van der Waals surface area contributed by atoms with Crippen molar-refractivity contribution in [2.75, 3.05) is 47.5 Å². The molecule has 0 saturated carbocycles. The highest BCUT2D eigenvalue weighted by molar-refractivity contribution is 5.98. The fourth-order valence-electron chi connectivity index (χ4n) is 5.86. The molecule has 3 heterocycles. The highest BCUT2D eigenvalue weighted by atomic mass is 16.5. The van der Waals surface area contributed by atoms with E-state index in [4.69, 9.17) is 14.2 Å². The molecule has 0 N–H and O–H groups in total. The first kappa shape index (κ1) is 25.7. The maximum atomic E-state index is 13.5. The van der Waals surface area contributed by atoms with Crippen molar-refractivity contribution in [1.82, 2.24) is 14.4 Å². The van der Waals surface area contributed by atoms with E-state index in [1.165, 1.54) is 0 Å². The number of ether oxygens (including phenoxy) is 3. The summed E-state index contributed by atoms with van der Waals surface area (Å²) in [7, 11) is 4.71. The second-order valence-corrected chi connectivity index (χ2v) is 10.1. The van der Waals surface area contributed by atoms with Gasteiger partial charge in [0.05, 0.1) is 39.0 Å². The molecule has 2 saturated heterocycles. The van der Waals surface area contributed by atoms with E-state index in [2.05, 4.69) is 0 Å². The number of hydrogen-bond acceptors (Lipinski definition) is 5. The van der Waals surface area contributed by atoms with Crippen LogP contribution >= 0.6 is 0 Å². The molecule has 1 aromatic heterocycles. The van der Waals surface area contributed by atoms with Crippen molar-refractivity contribution in [2.45, 2.75) is 25.7 Å². The zero-order valence-corrected chi connectivity index (χ0v) is 22.3. The highest BCUT2D eigenvalue weighted by Crippen LogP contribution is 2.42. The van der Waals surface area contributed by atoms with Crippen molar-refractivity contribution in [3.63, 3.8) is 0 Å². The van der Waals surface area contributed by atoms with Gasteiger partial charge in [-0.25, -0.2) is 0 Å². The van der Waals surface area contributed by atoms with Crippen molar-refractivity contribution < 1.29 is 23.8 Å². The van der Waals surface area contributed by atoms with Gasteiger partial charge >= 0.3 is 0 Å². The van der Waals surface area contributed by atoms with E-state index in [0.717, 1.165) is 43.6 Å². The molecule has 0 radical (unpaired) electrons. The Morgan fingerprint density at radius 2 is 1.45 bits per heavy atom. The molecule has 8 heteroatoms. The normalized spacial score (nSPS) is 16.5. The lowest BCUT2D eigenvalue weighted by Crippen LogP contribution is -2.45. The van der Waals surface area contributed by atoms with Crippen molar-refractivity contribution in [3.8, 4) is 22.9 Å². The Labute approximate surface area is 223 Å². The molecule has 2 aliphatic heterocycles. The number of carbonyl (C=O) groups is 2. The predicted molar refractivity (Wildman–Crippen MR) is 144 cm³/mol. The van der Waals surface area contributed by atoms with Gasteiger partial charge in [0.15, 0.2) is 11.5 Å². The number of carbonyl (C=O) groups excluding carboxylic acids is 2. The first-order chi connectivity index (χ1) is 18.5. The van der Waals surface area contributed by atoms with Crippen molar-refractivity contribution >= 4 is 11.8 Å². The number of amides is 2. The van der Waals surface area contributed by atoms with Gasteiger partial charge in [-0.2, -0.15) is 0 Å². The smallest absolute Gasteiger partial charge is 0.255 e. The minimum absolute atomic E-state index is 0.0636. The van der Waals surface area contributed by atoms with Crippen LogP contribution < -0.4 is 14.2 Å². The van der Waals surface area contributed by atoms with Crippen LogP contribution in [0.15, 0.2) is 60.9 Å². The molecule has 2 amide bonds. The van der Waals surface area contributed by atoms with Crippen LogP contribution in [0.3, 0.4) is 0 Å². The van der Waals surface area contributed by atoms with Gasteiger partial charge in [0.25, 0.3) is 5.91 Å². The molecule has 38 heavy (non-hydrogen) atoms.